The van der Waals surface area contributed by atoms with Gasteiger partial charge in [-0.2, -0.15) is 5.10 Å². The van der Waals surface area contributed by atoms with Gasteiger partial charge in [0.1, 0.15) is 5.82 Å². The van der Waals surface area contributed by atoms with Crippen LogP contribution in [0.3, 0.4) is 0 Å². The van der Waals surface area contributed by atoms with Gasteiger partial charge in [-0.1, -0.05) is 18.2 Å². The fourth-order valence-electron chi connectivity index (χ4n) is 3.57. The topological polar surface area (TPSA) is 99.9 Å². The summed E-state index contributed by atoms with van der Waals surface area (Å²) in [5.41, 5.74) is 9.67. The SMILES string of the molecule is Nc1cc(-c2cn[nH]c2[C@H]2CCCN(C(=O)Nc3ccccc3)C2)ccn1. The Hall–Kier alpha value is -3.35. The van der Waals surface area contributed by atoms with Crippen LogP contribution in [0, 0.1) is 0 Å². The van der Waals surface area contributed by atoms with E-state index in [1.54, 1.807) is 6.20 Å². The molecule has 138 valence electrons. The van der Waals surface area contributed by atoms with Crippen LogP contribution in [0.25, 0.3) is 11.1 Å². The minimum atomic E-state index is -0.0693. The first kappa shape index (κ1) is 17.1. The Morgan fingerprint density at radius 2 is 2.11 bits per heavy atom. The Kier molecular flexibility index (Phi) is 4.74. The van der Waals surface area contributed by atoms with Crippen LogP contribution in [-0.2, 0) is 0 Å². The molecular weight excluding hydrogens is 340 g/mol. The molecule has 0 radical (unpaired) electrons. The fraction of sp³-hybridized carbons (Fsp3) is 0.250. The molecule has 3 aromatic rings. The number of rotatable bonds is 3. The lowest BCUT2D eigenvalue weighted by Crippen LogP contribution is -2.41. The number of anilines is 2. The number of para-hydroxylation sites is 1. The number of benzene rings is 1. The summed E-state index contributed by atoms with van der Waals surface area (Å²) in [5, 5.41) is 10.3. The second-order valence-corrected chi connectivity index (χ2v) is 6.75. The van der Waals surface area contributed by atoms with Crippen molar-refractivity contribution in [3.8, 4) is 11.1 Å². The molecule has 1 aliphatic heterocycles. The minimum Gasteiger partial charge on any atom is -0.384 e. The molecule has 3 heterocycles. The number of nitrogens with zero attached hydrogens (tertiary/aromatic N) is 3. The van der Waals surface area contributed by atoms with E-state index in [-0.39, 0.29) is 11.9 Å². The number of piperidine rings is 1. The summed E-state index contributed by atoms with van der Waals surface area (Å²) in [6, 6.07) is 13.2. The first-order valence-corrected chi connectivity index (χ1v) is 9.07. The average molecular weight is 362 g/mol. The van der Waals surface area contributed by atoms with Crippen LogP contribution in [0.4, 0.5) is 16.3 Å². The Morgan fingerprint density at radius 3 is 2.93 bits per heavy atom. The van der Waals surface area contributed by atoms with Crippen molar-refractivity contribution < 1.29 is 4.79 Å². The number of carbonyl (C=O) groups is 1. The monoisotopic (exact) mass is 362 g/mol. The van der Waals surface area contributed by atoms with Crippen molar-refractivity contribution in [3.63, 3.8) is 0 Å². The Bertz CT molecular complexity index is 923. The molecule has 1 aliphatic rings. The lowest BCUT2D eigenvalue weighted by molar-refractivity contribution is 0.192. The Labute approximate surface area is 157 Å². The van der Waals surface area contributed by atoms with Crippen molar-refractivity contribution in [3.05, 3.63) is 60.6 Å². The third-order valence-electron chi connectivity index (χ3n) is 4.90. The van der Waals surface area contributed by atoms with Gasteiger partial charge in [0.05, 0.1) is 6.20 Å². The number of nitrogens with two attached hydrogens (primary N) is 1. The highest BCUT2D eigenvalue weighted by Crippen LogP contribution is 2.33. The summed E-state index contributed by atoms with van der Waals surface area (Å²) in [6.45, 7) is 1.40. The highest BCUT2D eigenvalue weighted by Gasteiger charge is 2.27. The quantitative estimate of drug-likeness (QED) is 0.664. The zero-order valence-electron chi connectivity index (χ0n) is 14.9. The van der Waals surface area contributed by atoms with Gasteiger partial charge in [0.25, 0.3) is 0 Å². The van der Waals surface area contributed by atoms with Crippen molar-refractivity contribution in [2.45, 2.75) is 18.8 Å². The van der Waals surface area contributed by atoms with Gasteiger partial charge >= 0.3 is 6.03 Å². The van der Waals surface area contributed by atoms with E-state index in [0.29, 0.717) is 12.4 Å². The molecular formula is C20H22N6O. The number of urea groups is 1. The molecule has 0 aliphatic carbocycles. The molecule has 7 nitrogen and oxygen atoms in total. The predicted octanol–water partition coefficient (Wildman–Crippen LogP) is 3.47. The minimum absolute atomic E-state index is 0.0693. The van der Waals surface area contributed by atoms with Crippen LogP contribution < -0.4 is 11.1 Å². The van der Waals surface area contributed by atoms with Gasteiger partial charge in [0.15, 0.2) is 0 Å². The molecule has 0 saturated carbocycles. The number of aromatic nitrogens is 3. The second-order valence-electron chi connectivity index (χ2n) is 6.75. The molecule has 27 heavy (non-hydrogen) atoms. The summed E-state index contributed by atoms with van der Waals surface area (Å²) in [5.74, 6) is 0.680. The Morgan fingerprint density at radius 1 is 1.26 bits per heavy atom. The molecule has 1 aromatic carbocycles. The van der Waals surface area contributed by atoms with Crippen LogP contribution >= 0.6 is 0 Å². The van der Waals surface area contributed by atoms with E-state index in [1.807, 2.05) is 53.6 Å². The van der Waals surface area contributed by atoms with Crippen LogP contribution in [0.1, 0.15) is 24.5 Å². The van der Waals surface area contributed by atoms with E-state index in [1.165, 1.54) is 0 Å². The highest BCUT2D eigenvalue weighted by molar-refractivity contribution is 5.89. The summed E-state index contributed by atoms with van der Waals surface area (Å²) >= 11 is 0. The molecule has 7 heteroatoms. The van der Waals surface area contributed by atoms with E-state index in [9.17, 15) is 4.79 Å². The molecule has 4 N–H and O–H groups in total. The van der Waals surface area contributed by atoms with E-state index < -0.39 is 0 Å². The number of hydrogen-bond donors (Lipinski definition) is 3. The number of aromatic amines is 1. The highest BCUT2D eigenvalue weighted by atomic mass is 16.2. The maximum absolute atomic E-state index is 12.6. The number of hydrogen-bond acceptors (Lipinski definition) is 4. The average Bonchev–Trinajstić information content (AvgIpc) is 3.19. The molecule has 0 bridgehead atoms. The van der Waals surface area contributed by atoms with Crippen molar-refractivity contribution in [1.82, 2.24) is 20.1 Å². The molecule has 4 rings (SSSR count). The van der Waals surface area contributed by atoms with Crippen LogP contribution in [0.2, 0.25) is 0 Å². The summed E-state index contributed by atoms with van der Waals surface area (Å²) in [7, 11) is 0. The fourth-order valence-corrected chi connectivity index (χ4v) is 3.57. The first-order valence-electron chi connectivity index (χ1n) is 9.07. The number of nitrogen functional groups attached to an aromatic ring is 1. The lowest BCUT2D eigenvalue weighted by Gasteiger charge is -2.32. The van der Waals surface area contributed by atoms with Gasteiger partial charge in [-0.25, -0.2) is 9.78 Å². The van der Waals surface area contributed by atoms with Gasteiger partial charge in [-0.05, 0) is 42.7 Å². The third-order valence-corrected chi connectivity index (χ3v) is 4.90. The number of nitrogens with one attached hydrogen (secondary N) is 2. The molecule has 1 fully saturated rings. The van der Waals surface area contributed by atoms with Gasteiger partial charge in [-0.15, -0.1) is 0 Å². The number of amides is 2. The zero-order valence-corrected chi connectivity index (χ0v) is 14.9. The van der Waals surface area contributed by atoms with Gasteiger partial charge in [0, 0.05) is 42.1 Å². The van der Waals surface area contributed by atoms with E-state index in [2.05, 4.69) is 20.5 Å². The maximum Gasteiger partial charge on any atom is 0.321 e. The molecule has 2 amide bonds. The van der Waals surface area contributed by atoms with Crippen molar-refractivity contribution in [2.24, 2.45) is 0 Å². The van der Waals surface area contributed by atoms with E-state index >= 15 is 0 Å². The summed E-state index contributed by atoms with van der Waals surface area (Å²) < 4.78 is 0. The molecule has 0 spiro atoms. The van der Waals surface area contributed by atoms with E-state index in [4.69, 9.17) is 5.73 Å². The lowest BCUT2D eigenvalue weighted by atomic mass is 9.91. The van der Waals surface area contributed by atoms with Crippen molar-refractivity contribution >= 4 is 17.5 Å². The third kappa shape index (κ3) is 3.76. The molecule has 1 saturated heterocycles. The largest absolute Gasteiger partial charge is 0.384 e. The second kappa shape index (κ2) is 7.49. The number of likely N-dealkylation sites (tertiary alicyclic amines) is 1. The van der Waals surface area contributed by atoms with Gasteiger partial charge < -0.3 is 16.0 Å². The van der Waals surface area contributed by atoms with Gasteiger partial charge in [-0.3, -0.25) is 5.10 Å². The maximum atomic E-state index is 12.6. The summed E-state index contributed by atoms with van der Waals surface area (Å²) in [4.78, 5) is 18.6. The predicted molar refractivity (Wildman–Crippen MR) is 105 cm³/mol. The smallest absolute Gasteiger partial charge is 0.321 e. The Balaban J connectivity index is 1.51. The number of carbonyl (C=O) groups excluding carboxylic acids is 1. The van der Waals surface area contributed by atoms with Crippen LogP contribution in [0.5, 0.6) is 0 Å². The molecule has 0 unspecified atom stereocenters. The summed E-state index contributed by atoms with van der Waals surface area (Å²) in [6.07, 6.45) is 5.46. The first-order chi connectivity index (χ1) is 13.2. The van der Waals surface area contributed by atoms with Crippen molar-refractivity contribution in [1.29, 1.82) is 0 Å². The van der Waals surface area contributed by atoms with E-state index in [0.717, 1.165) is 41.9 Å². The van der Waals surface area contributed by atoms with Gasteiger partial charge in [0.2, 0.25) is 0 Å². The standard InChI is InChI=1S/C20H22N6O/c21-18-11-14(8-9-22-18)17-12-23-25-19(17)15-5-4-10-26(13-15)20(27)24-16-6-2-1-3-7-16/h1-3,6-9,11-12,15H,4-5,10,13H2,(H2,21,22)(H,23,25)(H,24,27)/t15-/m0/s1. The molecule has 1 atom stereocenters. The number of H-pyrrole nitrogens is 1. The van der Waals surface area contributed by atoms with Crippen LogP contribution in [0.15, 0.2) is 54.9 Å². The zero-order chi connectivity index (χ0) is 18.6. The normalized spacial score (nSPS) is 16.9. The van der Waals surface area contributed by atoms with Crippen molar-refractivity contribution in [2.75, 3.05) is 24.1 Å². The number of pyridine rings is 1. The van der Waals surface area contributed by atoms with Crippen LogP contribution in [-0.4, -0.2) is 39.2 Å². The molecule has 2 aromatic heterocycles.